The van der Waals surface area contributed by atoms with Crippen LogP contribution in [-0.4, -0.2) is 75.3 Å². The highest BCUT2D eigenvalue weighted by molar-refractivity contribution is 5.85. The Morgan fingerprint density at radius 1 is 1.09 bits per heavy atom. The summed E-state index contributed by atoms with van der Waals surface area (Å²) in [6.07, 6.45) is 3.31. The van der Waals surface area contributed by atoms with Crippen LogP contribution >= 0.6 is 12.4 Å². The molecule has 0 amide bonds. The summed E-state index contributed by atoms with van der Waals surface area (Å²) in [6, 6.07) is -0.744. The van der Waals surface area contributed by atoms with Gasteiger partial charge in [0.25, 0.3) is 0 Å². The molecule has 0 unspecified atom stereocenters. The van der Waals surface area contributed by atoms with E-state index in [9.17, 15) is 20.4 Å². The number of likely N-dealkylation sites (tertiary alicyclic amines) is 1. The van der Waals surface area contributed by atoms with Crippen LogP contribution in [0.4, 0.5) is 0 Å². The summed E-state index contributed by atoms with van der Waals surface area (Å²) in [5.41, 5.74) is 5.91. The van der Waals surface area contributed by atoms with Gasteiger partial charge in [0, 0.05) is 13.1 Å². The molecule has 0 aromatic rings. The Morgan fingerprint density at radius 3 is 2.30 bits per heavy atom. The SMILES string of the molecule is CCCCCCCCN=C(N)N1C[C@H](O)[C@@H](O)[C@@H](O)[C@H]1CO.Cl. The predicted octanol–water partition coefficient (Wildman–Crippen LogP) is -0.157. The quantitative estimate of drug-likeness (QED) is 0.235. The van der Waals surface area contributed by atoms with E-state index in [1.54, 1.807) is 0 Å². The molecule has 0 aliphatic carbocycles. The number of aliphatic hydroxyl groups is 4. The summed E-state index contributed by atoms with van der Waals surface area (Å²) in [6.45, 7) is 2.45. The number of hydrogen-bond acceptors (Lipinski definition) is 5. The minimum atomic E-state index is -1.28. The monoisotopic (exact) mass is 353 g/mol. The third-order valence-corrected chi connectivity index (χ3v) is 4.19. The number of rotatable bonds is 8. The lowest BCUT2D eigenvalue weighted by Gasteiger charge is -2.43. The number of aliphatic imine (C=N–C) groups is 1. The van der Waals surface area contributed by atoms with Crippen molar-refractivity contribution in [1.82, 2.24) is 4.90 Å². The number of halogens is 1. The van der Waals surface area contributed by atoms with Crippen molar-refractivity contribution in [1.29, 1.82) is 0 Å². The maximum atomic E-state index is 9.90. The summed E-state index contributed by atoms with van der Waals surface area (Å²) in [5.74, 6) is 0.192. The number of β-amino-alcohol motifs (C(OH)–C–C–N with tert-alkyl or cyclic N) is 1. The summed E-state index contributed by atoms with van der Waals surface area (Å²) < 4.78 is 0. The Labute approximate surface area is 144 Å². The van der Waals surface area contributed by atoms with Gasteiger partial charge in [0.15, 0.2) is 5.96 Å². The lowest BCUT2D eigenvalue weighted by molar-refractivity contribution is -0.128. The van der Waals surface area contributed by atoms with Crippen molar-refractivity contribution in [2.24, 2.45) is 10.7 Å². The molecule has 8 heteroatoms. The fourth-order valence-electron chi connectivity index (χ4n) is 2.73. The molecule has 0 aromatic heterocycles. The van der Waals surface area contributed by atoms with E-state index in [0.29, 0.717) is 6.54 Å². The average Bonchev–Trinajstić information content (AvgIpc) is 2.51. The second kappa shape index (κ2) is 11.9. The molecule has 0 spiro atoms. The Kier molecular flexibility index (Phi) is 11.6. The number of hydrogen-bond donors (Lipinski definition) is 5. The first-order chi connectivity index (χ1) is 10.5. The van der Waals surface area contributed by atoms with E-state index in [1.807, 2.05) is 0 Å². The second-order valence-corrected chi connectivity index (χ2v) is 5.96. The van der Waals surface area contributed by atoms with Crippen molar-refractivity contribution in [2.75, 3.05) is 19.7 Å². The average molecular weight is 354 g/mol. The maximum Gasteiger partial charge on any atom is 0.191 e. The van der Waals surface area contributed by atoms with Crippen LogP contribution in [-0.2, 0) is 0 Å². The van der Waals surface area contributed by atoms with E-state index in [2.05, 4.69) is 11.9 Å². The lowest BCUT2D eigenvalue weighted by atomic mass is 9.94. The van der Waals surface area contributed by atoms with Crippen molar-refractivity contribution < 1.29 is 20.4 Å². The van der Waals surface area contributed by atoms with E-state index in [0.717, 1.165) is 12.8 Å². The largest absolute Gasteiger partial charge is 0.394 e. The second-order valence-electron chi connectivity index (χ2n) is 5.96. The van der Waals surface area contributed by atoms with Crippen LogP contribution in [0.3, 0.4) is 0 Å². The summed E-state index contributed by atoms with van der Waals surface area (Å²) in [4.78, 5) is 5.73. The minimum Gasteiger partial charge on any atom is -0.394 e. The van der Waals surface area contributed by atoms with Gasteiger partial charge in [0.1, 0.15) is 18.3 Å². The van der Waals surface area contributed by atoms with Gasteiger partial charge in [-0.15, -0.1) is 12.4 Å². The zero-order chi connectivity index (χ0) is 16.5. The maximum absolute atomic E-state index is 9.90. The number of guanidine groups is 1. The topological polar surface area (TPSA) is 123 Å². The van der Waals surface area contributed by atoms with Gasteiger partial charge in [-0.25, -0.2) is 0 Å². The molecule has 6 N–H and O–H groups in total. The van der Waals surface area contributed by atoms with Gasteiger partial charge in [-0.1, -0.05) is 39.0 Å². The third kappa shape index (κ3) is 6.81. The van der Waals surface area contributed by atoms with Gasteiger partial charge in [-0.3, -0.25) is 4.99 Å². The zero-order valence-electron chi connectivity index (χ0n) is 13.8. The molecule has 1 aliphatic rings. The highest BCUT2D eigenvalue weighted by Gasteiger charge is 2.41. The highest BCUT2D eigenvalue weighted by atomic mass is 35.5. The molecule has 1 heterocycles. The molecule has 4 atom stereocenters. The fraction of sp³-hybridized carbons (Fsp3) is 0.933. The van der Waals surface area contributed by atoms with Crippen LogP contribution in [0.2, 0.25) is 0 Å². The molecule has 138 valence electrons. The van der Waals surface area contributed by atoms with Crippen LogP contribution in [0.15, 0.2) is 4.99 Å². The van der Waals surface area contributed by atoms with Crippen LogP contribution in [0, 0.1) is 0 Å². The van der Waals surface area contributed by atoms with Crippen LogP contribution < -0.4 is 5.73 Å². The van der Waals surface area contributed by atoms with E-state index in [1.165, 1.54) is 30.6 Å². The molecular formula is C15H32ClN3O4. The first-order valence-corrected chi connectivity index (χ1v) is 8.24. The van der Waals surface area contributed by atoms with Crippen LogP contribution in [0.1, 0.15) is 45.4 Å². The molecule has 0 saturated carbocycles. The smallest absolute Gasteiger partial charge is 0.191 e. The fourth-order valence-corrected chi connectivity index (χ4v) is 2.73. The van der Waals surface area contributed by atoms with Crippen molar-refractivity contribution in [2.45, 2.75) is 69.8 Å². The van der Waals surface area contributed by atoms with E-state index >= 15 is 0 Å². The molecular weight excluding hydrogens is 322 g/mol. The van der Waals surface area contributed by atoms with Crippen molar-refractivity contribution in [3.63, 3.8) is 0 Å². The zero-order valence-corrected chi connectivity index (χ0v) is 14.7. The third-order valence-electron chi connectivity index (χ3n) is 4.19. The number of nitrogens with two attached hydrogens (primary N) is 1. The van der Waals surface area contributed by atoms with Gasteiger partial charge < -0.3 is 31.1 Å². The van der Waals surface area contributed by atoms with Crippen molar-refractivity contribution in [3.05, 3.63) is 0 Å². The van der Waals surface area contributed by atoms with E-state index in [4.69, 9.17) is 5.73 Å². The lowest BCUT2D eigenvalue weighted by Crippen LogP contribution is -2.65. The van der Waals surface area contributed by atoms with Gasteiger partial charge >= 0.3 is 0 Å². The molecule has 1 rings (SSSR count). The molecule has 1 aliphatic heterocycles. The Morgan fingerprint density at radius 2 is 1.70 bits per heavy atom. The number of unbranched alkanes of at least 4 members (excludes halogenated alkanes) is 5. The summed E-state index contributed by atoms with van der Waals surface area (Å²) >= 11 is 0. The van der Waals surface area contributed by atoms with Crippen molar-refractivity contribution >= 4 is 18.4 Å². The van der Waals surface area contributed by atoms with E-state index < -0.39 is 24.4 Å². The summed E-state index contributed by atoms with van der Waals surface area (Å²) in [7, 11) is 0. The Balaban J connectivity index is 0.00000484. The predicted molar refractivity (Wildman–Crippen MR) is 92.7 cm³/mol. The molecule has 0 aromatic carbocycles. The first kappa shape index (κ1) is 22.4. The van der Waals surface area contributed by atoms with Gasteiger partial charge in [0.05, 0.1) is 12.6 Å². The van der Waals surface area contributed by atoms with Crippen molar-refractivity contribution in [3.8, 4) is 0 Å². The van der Waals surface area contributed by atoms with E-state index in [-0.39, 0.29) is 31.5 Å². The Bertz CT molecular complexity index is 347. The molecule has 7 nitrogen and oxygen atoms in total. The highest BCUT2D eigenvalue weighted by Crippen LogP contribution is 2.18. The summed E-state index contributed by atoms with van der Waals surface area (Å²) in [5, 5.41) is 38.6. The standard InChI is InChI=1S/C15H31N3O4.ClH/c1-2-3-4-5-6-7-8-17-15(16)18-9-12(20)14(22)13(21)11(18)10-19;/h11-14,19-22H,2-10H2,1H3,(H2,16,17);1H/t11-,12+,13+,14-;/m1./s1. The Hall–Kier alpha value is -0.600. The van der Waals surface area contributed by atoms with Gasteiger partial charge in [-0.2, -0.15) is 0 Å². The number of aliphatic hydroxyl groups excluding tert-OH is 4. The van der Waals surface area contributed by atoms with Crippen LogP contribution in [0.5, 0.6) is 0 Å². The van der Waals surface area contributed by atoms with Crippen LogP contribution in [0.25, 0.3) is 0 Å². The van der Waals surface area contributed by atoms with Gasteiger partial charge in [0.2, 0.25) is 0 Å². The molecule has 23 heavy (non-hydrogen) atoms. The normalized spacial score (nSPS) is 28.6. The first-order valence-electron chi connectivity index (χ1n) is 8.24. The number of piperidine rings is 1. The molecule has 1 saturated heterocycles. The number of nitrogens with zero attached hydrogens (tertiary/aromatic N) is 2. The molecule has 0 bridgehead atoms. The van der Waals surface area contributed by atoms with Gasteiger partial charge in [-0.05, 0) is 6.42 Å². The molecule has 1 fully saturated rings. The minimum absolute atomic E-state index is 0. The molecule has 0 radical (unpaired) electrons.